The number of para-hydroxylation sites is 2. The normalized spacial score (nSPS) is 22.0. The van der Waals surface area contributed by atoms with Gasteiger partial charge in [-0.05, 0) is 29.8 Å². The number of aromatic nitrogens is 2. The molecule has 0 saturated carbocycles. The molecule has 21 heavy (non-hydrogen) atoms. The quantitative estimate of drug-likeness (QED) is 0.762. The van der Waals surface area contributed by atoms with E-state index in [-0.39, 0.29) is 12.2 Å². The van der Waals surface area contributed by atoms with Gasteiger partial charge in [0, 0.05) is 17.5 Å². The molecule has 4 nitrogen and oxygen atoms in total. The van der Waals surface area contributed by atoms with Gasteiger partial charge >= 0.3 is 0 Å². The molecule has 1 aliphatic rings. The number of imidazole rings is 1. The van der Waals surface area contributed by atoms with Crippen LogP contribution in [-0.4, -0.2) is 9.55 Å². The highest BCUT2D eigenvalue weighted by Crippen LogP contribution is 2.29. The lowest BCUT2D eigenvalue weighted by Crippen LogP contribution is -2.29. The lowest BCUT2D eigenvalue weighted by atomic mass is 10.0. The molecule has 0 radical (unpaired) electrons. The van der Waals surface area contributed by atoms with Gasteiger partial charge in [-0.1, -0.05) is 35.9 Å². The minimum absolute atomic E-state index is 0.193. The van der Waals surface area contributed by atoms with Crippen LogP contribution in [0.5, 0.6) is 0 Å². The van der Waals surface area contributed by atoms with Crippen LogP contribution in [0.3, 0.4) is 0 Å². The molecule has 2 heterocycles. The summed E-state index contributed by atoms with van der Waals surface area (Å²) < 4.78 is 2.18. The van der Waals surface area contributed by atoms with Crippen molar-refractivity contribution < 1.29 is 0 Å². The molecule has 1 aromatic heterocycles. The topological polar surface area (TPSA) is 41.9 Å². The van der Waals surface area contributed by atoms with Crippen molar-refractivity contribution in [3.63, 3.8) is 0 Å². The van der Waals surface area contributed by atoms with Gasteiger partial charge < -0.3 is 4.57 Å². The third kappa shape index (κ3) is 2.31. The van der Waals surface area contributed by atoms with Crippen LogP contribution in [0.4, 0.5) is 0 Å². The Kier molecular flexibility index (Phi) is 3.15. The molecule has 1 saturated heterocycles. The lowest BCUT2D eigenvalue weighted by molar-refractivity contribution is 0.451. The van der Waals surface area contributed by atoms with Crippen molar-refractivity contribution in [3.05, 3.63) is 65.4 Å². The fraction of sp³-hybridized carbons (Fsp3) is 0.188. The van der Waals surface area contributed by atoms with E-state index in [1.54, 1.807) is 0 Å². The number of hydrogen-bond donors (Lipinski definition) is 2. The number of rotatable bonds is 2. The Morgan fingerprint density at radius 1 is 1.05 bits per heavy atom. The molecule has 1 fully saturated rings. The minimum atomic E-state index is 0.193. The van der Waals surface area contributed by atoms with E-state index in [2.05, 4.69) is 38.6 Å². The molecule has 2 unspecified atom stereocenters. The number of hydrogen-bond acceptors (Lipinski definition) is 3. The maximum Gasteiger partial charge on any atom is 0.0998 e. The summed E-state index contributed by atoms with van der Waals surface area (Å²) >= 11 is 5.95. The first-order valence-electron chi connectivity index (χ1n) is 6.99. The summed E-state index contributed by atoms with van der Waals surface area (Å²) in [7, 11) is 0. The third-order valence-corrected chi connectivity index (χ3v) is 4.22. The summed E-state index contributed by atoms with van der Waals surface area (Å²) in [4.78, 5) is 4.45. The fourth-order valence-corrected chi connectivity index (χ4v) is 2.99. The van der Waals surface area contributed by atoms with E-state index in [0.717, 1.165) is 22.5 Å². The van der Waals surface area contributed by atoms with Crippen LogP contribution in [-0.2, 0) is 0 Å². The second-order valence-electron chi connectivity index (χ2n) is 5.28. The van der Waals surface area contributed by atoms with Crippen molar-refractivity contribution in [2.45, 2.75) is 18.6 Å². The van der Waals surface area contributed by atoms with Crippen LogP contribution in [0.2, 0.25) is 5.02 Å². The number of halogens is 1. The zero-order valence-corrected chi connectivity index (χ0v) is 12.1. The van der Waals surface area contributed by atoms with Crippen LogP contribution < -0.4 is 10.9 Å². The summed E-state index contributed by atoms with van der Waals surface area (Å²) in [5.74, 6) is 0. The Labute approximate surface area is 127 Å². The molecule has 3 aromatic rings. The first-order chi connectivity index (χ1) is 10.3. The molecule has 2 aromatic carbocycles. The fourth-order valence-electron chi connectivity index (χ4n) is 2.86. The van der Waals surface area contributed by atoms with E-state index in [4.69, 9.17) is 11.6 Å². The second-order valence-corrected chi connectivity index (χ2v) is 5.72. The molecular formula is C16H15ClN4. The molecule has 0 amide bonds. The predicted molar refractivity (Wildman–Crippen MR) is 83.9 cm³/mol. The van der Waals surface area contributed by atoms with Gasteiger partial charge in [-0.15, -0.1) is 0 Å². The summed E-state index contributed by atoms with van der Waals surface area (Å²) in [6, 6.07) is 16.4. The molecule has 106 valence electrons. The summed E-state index contributed by atoms with van der Waals surface area (Å²) in [5.41, 5.74) is 10.1. The van der Waals surface area contributed by atoms with Crippen molar-refractivity contribution in [3.8, 4) is 0 Å². The SMILES string of the molecule is Clc1ccc(C2CC(n3cnc4ccccc43)NN2)cc1. The van der Waals surface area contributed by atoms with Gasteiger partial charge in [0.05, 0.1) is 23.5 Å². The van der Waals surface area contributed by atoms with Crippen molar-refractivity contribution in [1.29, 1.82) is 0 Å². The highest BCUT2D eigenvalue weighted by Gasteiger charge is 2.26. The number of fused-ring (bicyclic) bond motifs is 1. The molecule has 0 bridgehead atoms. The maximum atomic E-state index is 5.95. The molecule has 0 aliphatic carbocycles. The Morgan fingerprint density at radius 3 is 2.71 bits per heavy atom. The van der Waals surface area contributed by atoms with E-state index in [1.807, 2.05) is 36.7 Å². The van der Waals surface area contributed by atoms with Gasteiger partial charge in [0.1, 0.15) is 0 Å². The van der Waals surface area contributed by atoms with E-state index >= 15 is 0 Å². The van der Waals surface area contributed by atoms with Crippen LogP contribution in [0.15, 0.2) is 54.9 Å². The molecule has 0 spiro atoms. The summed E-state index contributed by atoms with van der Waals surface area (Å²) in [6.07, 6.45) is 3.05. The second kappa shape index (κ2) is 5.15. The average Bonchev–Trinajstić information content (AvgIpc) is 3.14. The van der Waals surface area contributed by atoms with Gasteiger partial charge in [-0.3, -0.25) is 0 Å². The molecule has 4 rings (SSSR count). The van der Waals surface area contributed by atoms with Gasteiger partial charge in [0.2, 0.25) is 0 Å². The van der Waals surface area contributed by atoms with E-state index < -0.39 is 0 Å². The number of hydrazine groups is 1. The maximum absolute atomic E-state index is 5.95. The standard InChI is InChI=1S/C16H15ClN4/c17-12-7-5-11(6-8-12)14-9-16(20-19-14)21-10-18-13-3-1-2-4-15(13)21/h1-8,10,14,16,19-20H,9H2. The summed E-state index contributed by atoms with van der Waals surface area (Å²) in [6.45, 7) is 0. The van der Waals surface area contributed by atoms with E-state index in [0.29, 0.717) is 0 Å². The molecule has 5 heteroatoms. The van der Waals surface area contributed by atoms with Gasteiger partial charge in [-0.25, -0.2) is 15.8 Å². The Balaban J connectivity index is 1.60. The highest BCUT2D eigenvalue weighted by molar-refractivity contribution is 6.30. The van der Waals surface area contributed by atoms with Gasteiger partial charge in [0.15, 0.2) is 0 Å². The first kappa shape index (κ1) is 12.8. The van der Waals surface area contributed by atoms with Crippen molar-refractivity contribution >= 4 is 22.6 Å². The zero-order valence-electron chi connectivity index (χ0n) is 11.3. The van der Waals surface area contributed by atoms with Crippen LogP contribution in [0.1, 0.15) is 24.2 Å². The van der Waals surface area contributed by atoms with Gasteiger partial charge in [-0.2, -0.15) is 0 Å². The average molecular weight is 299 g/mol. The number of nitrogens with zero attached hydrogens (tertiary/aromatic N) is 2. The minimum Gasteiger partial charge on any atom is -0.313 e. The molecular weight excluding hydrogens is 284 g/mol. The smallest absolute Gasteiger partial charge is 0.0998 e. The van der Waals surface area contributed by atoms with Gasteiger partial charge in [0.25, 0.3) is 0 Å². The zero-order chi connectivity index (χ0) is 14.2. The molecule has 2 atom stereocenters. The van der Waals surface area contributed by atoms with E-state index in [9.17, 15) is 0 Å². The lowest BCUT2D eigenvalue weighted by Gasteiger charge is -2.12. The largest absolute Gasteiger partial charge is 0.313 e. The number of benzene rings is 2. The van der Waals surface area contributed by atoms with Crippen LogP contribution in [0.25, 0.3) is 11.0 Å². The highest BCUT2D eigenvalue weighted by atomic mass is 35.5. The predicted octanol–water partition coefficient (Wildman–Crippen LogP) is 3.43. The third-order valence-electron chi connectivity index (χ3n) is 3.97. The van der Waals surface area contributed by atoms with Crippen molar-refractivity contribution in [1.82, 2.24) is 20.4 Å². The van der Waals surface area contributed by atoms with Crippen LogP contribution in [0, 0.1) is 0 Å². The Hall–Kier alpha value is -1.88. The summed E-state index contributed by atoms with van der Waals surface area (Å²) in [5, 5.41) is 0.766. The number of nitrogens with one attached hydrogen (secondary N) is 2. The molecule has 2 N–H and O–H groups in total. The van der Waals surface area contributed by atoms with Crippen LogP contribution >= 0.6 is 11.6 Å². The Bertz CT molecular complexity index is 765. The van der Waals surface area contributed by atoms with E-state index in [1.165, 1.54) is 5.56 Å². The van der Waals surface area contributed by atoms with Crippen molar-refractivity contribution in [2.75, 3.05) is 0 Å². The Morgan fingerprint density at radius 2 is 1.86 bits per heavy atom. The molecule has 1 aliphatic heterocycles. The van der Waals surface area contributed by atoms with Crippen molar-refractivity contribution in [2.24, 2.45) is 0 Å². The first-order valence-corrected chi connectivity index (χ1v) is 7.37. The monoisotopic (exact) mass is 298 g/mol.